The zero-order valence-electron chi connectivity index (χ0n) is 13.8. The highest BCUT2D eigenvalue weighted by atomic mass is 16.5. The average Bonchev–Trinajstić information content (AvgIpc) is 2.63. The monoisotopic (exact) mass is 328 g/mol. The van der Waals surface area contributed by atoms with Gasteiger partial charge in [0.25, 0.3) is 5.91 Å². The van der Waals surface area contributed by atoms with E-state index in [9.17, 15) is 4.79 Å². The molecule has 1 amide bonds. The van der Waals surface area contributed by atoms with Crippen LogP contribution in [0.15, 0.2) is 30.7 Å². The summed E-state index contributed by atoms with van der Waals surface area (Å²) in [6.45, 7) is 3.72. The van der Waals surface area contributed by atoms with E-state index in [-0.39, 0.29) is 5.91 Å². The summed E-state index contributed by atoms with van der Waals surface area (Å²) in [5, 5.41) is 2.77. The molecule has 0 aromatic carbocycles. The second kappa shape index (κ2) is 7.22. The van der Waals surface area contributed by atoms with Crippen molar-refractivity contribution in [2.75, 3.05) is 50.6 Å². The maximum absolute atomic E-state index is 12.4. The maximum atomic E-state index is 12.4. The number of hydrogen-bond donors (Lipinski definition) is 1. The van der Waals surface area contributed by atoms with Crippen LogP contribution in [-0.4, -0.2) is 66.1 Å². The smallest absolute Gasteiger partial charge is 0.274 e. The van der Waals surface area contributed by atoms with E-state index in [0.29, 0.717) is 17.3 Å². The molecule has 1 saturated heterocycles. The summed E-state index contributed by atoms with van der Waals surface area (Å²) in [6.07, 6.45) is 2.97. The molecule has 0 bridgehead atoms. The fourth-order valence-electron chi connectivity index (χ4n) is 2.45. The Kier molecular flexibility index (Phi) is 4.85. The van der Waals surface area contributed by atoms with Crippen LogP contribution in [-0.2, 0) is 0 Å². The fourth-order valence-corrected chi connectivity index (χ4v) is 2.45. The highest BCUT2D eigenvalue weighted by Crippen LogP contribution is 2.15. The molecule has 126 valence electrons. The number of amides is 1. The Labute approximate surface area is 140 Å². The van der Waals surface area contributed by atoms with Crippen LogP contribution in [0.2, 0.25) is 0 Å². The van der Waals surface area contributed by atoms with E-state index in [1.165, 1.54) is 6.33 Å². The summed E-state index contributed by atoms with van der Waals surface area (Å²) in [5.74, 6) is 0.975. The average molecular weight is 328 g/mol. The number of anilines is 2. The van der Waals surface area contributed by atoms with Crippen LogP contribution in [0.3, 0.4) is 0 Å². The van der Waals surface area contributed by atoms with E-state index in [4.69, 9.17) is 4.74 Å². The normalized spacial score (nSPS) is 15.2. The number of likely N-dealkylation sites (N-methyl/N-ethyl adjacent to an activating group) is 1. The van der Waals surface area contributed by atoms with E-state index in [1.54, 1.807) is 31.5 Å². The molecule has 1 N–H and O–H groups in total. The van der Waals surface area contributed by atoms with E-state index >= 15 is 0 Å². The Morgan fingerprint density at radius 2 is 1.96 bits per heavy atom. The predicted octanol–water partition coefficient (Wildman–Crippen LogP) is 0.884. The van der Waals surface area contributed by atoms with Crippen molar-refractivity contribution >= 4 is 17.4 Å². The molecular weight excluding hydrogens is 308 g/mol. The predicted molar refractivity (Wildman–Crippen MR) is 90.5 cm³/mol. The highest BCUT2D eigenvalue weighted by molar-refractivity contribution is 6.03. The topological polar surface area (TPSA) is 83.5 Å². The molecule has 0 aliphatic carbocycles. The van der Waals surface area contributed by atoms with E-state index in [1.807, 2.05) is 0 Å². The van der Waals surface area contributed by atoms with Crippen molar-refractivity contribution in [2.24, 2.45) is 0 Å². The quantitative estimate of drug-likeness (QED) is 0.892. The largest absolute Gasteiger partial charge is 0.481 e. The second-order valence-corrected chi connectivity index (χ2v) is 5.60. The number of hydrogen-bond acceptors (Lipinski definition) is 7. The number of carbonyl (C=O) groups is 1. The van der Waals surface area contributed by atoms with Crippen molar-refractivity contribution in [3.8, 4) is 5.88 Å². The first kappa shape index (κ1) is 16.1. The number of carbonyl (C=O) groups excluding carboxylic acids is 1. The van der Waals surface area contributed by atoms with Gasteiger partial charge in [0.15, 0.2) is 0 Å². The molecule has 1 aliphatic heterocycles. The number of pyridine rings is 1. The molecule has 2 aromatic rings. The third-order valence-corrected chi connectivity index (χ3v) is 3.92. The summed E-state index contributed by atoms with van der Waals surface area (Å²) in [7, 11) is 3.64. The Balaban J connectivity index is 1.69. The number of aromatic nitrogens is 3. The molecule has 24 heavy (non-hydrogen) atoms. The van der Waals surface area contributed by atoms with Gasteiger partial charge in [-0.2, -0.15) is 0 Å². The summed E-state index contributed by atoms with van der Waals surface area (Å²) >= 11 is 0. The van der Waals surface area contributed by atoms with Gasteiger partial charge in [-0.05, 0) is 13.1 Å². The summed E-state index contributed by atoms with van der Waals surface area (Å²) in [4.78, 5) is 29.2. The maximum Gasteiger partial charge on any atom is 0.274 e. The molecule has 2 aromatic heterocycles. The molecule has 0 spiro atoms. The Morgan fingerprint density at radius 1 is 1.17 bits per heavy atom. The van der Waals surface area contributed by atoms with Crippen molar-refractivity contribution in [3.05, 3.63) is 36.4 Å². The van der Waals surface area contributed by atoms with Gasteiger partial charge in [-0.15, -0.1) is 0 Å². The molecule has 1 aliphatic rings. The molecule has 0 saturated carbocycles. The highest BCUT2D eigenvalue weighted by Gasteiger charge is 2.17. The van der Waals surface area contributed by atoms with Crippen LogP contribution in [0.4, 0.5) is 11.5 Å². The van der Waals surface area contributed by atoms with Gasteiger partial charge < -0.3 is 19.9 Å². The van der Waals surface area contributed by atoms with Crippen LogP contribution in [0.1, 0.15) is 10.5 Å². The first-order valence-electron chi connectivity index (χ1n) is 7.72. The van der Waals surface area contributed by atoms with Gasteiger partial charge in [0, 0.05) is 38.3 Å². The van der Waals surface area contributed by atoms with Gasteiger partial charge in [0.1, 0.15) is 17.8 Å². The number of rotatable bonds is 4. The van der Waals surface area contributed by atoms with Crippen LogP contribution in [0.5, 0.6) is 5.88 Å². The van der Waals surface area contributed by atoms with Gasteiger partial charge in [0.05, 0.1) is 19.0 Å². The molecule has 3 rings (SSSR count). The number of piperazine rings is 1. The number of ether oxygens (including phenoxy) is 1. The first-order valence-corrected chi connectivity index (χ1v) is 7.72. The Hall–Kier alpha value is -2.74. The standard InChI is InChI=1S/C16H20N6O2/c1-21-5-7-22(8-6-21)14-9-13(18-11-19-14)16(23)20-12-3-4-15(24-2)17-10-12/h3-4,9-11H,5-8H2,1-2H3,(H,20,23). The summed E-state index contributed by atoms with van der Waals surface area (Å²) in [6, 6.07) is 5.13. The minimum absolute atomic E-state index is 0.292. The third kappa shape index (κ3) is 3.77. The minimum Gasteiger partial charge on any atom is -0.481 e. The molecule has 0 unspecified atom stereocenters. The molecule has 0 radical (unpaired) electrons. The molecule has 3 heterocycles. The van der Waals surface area contributed by atoms with Gasteiger partial charge in [-0.1, -0.05) is 0 Å². The molecular formula is C16H20N6O2. The van der Waals surface area contributed by atoms with Crippen LogP contribution in [0.25, 0.3) is 0 Å². The van der Waals surface area contributed by atoms with Gasteiger partial charge in [-0.25, -0.2) is 15.0 Å². The number of nitrogens with zero attached hydrogens (tertiary/aromatic N) is 5. The van der Waals surface area contributed by atoms with E-state index in [0.717, 1.165) is 32.0 Å². The van der Waals surface area contributed by atoms with Crippen molar-refractivity contribution < 1.29 is 9.53 Å². The van der Waals surface area contributed by atoms with E-state index in [2.05, 4.69) is 37.1 Å². The fraction of sp³-hybridized carbons (Fsp3) is 0.375. The van der Waals surface area contributed by atoms with Crippen molar-refractivity contribution in [1.29, 1.82) is 0 Å². The zero-order valence-corrected chi connectivity index (χ0v) is 13.8. The lowest BCUT2D eigenvalue weighted by atomic mass is 10.3. The van der Waals surface area contributed by atoms with Crippen molar-refractivity contribution in [1.82, 2.24) is 19.9 Å². The van der Waals surface area contributed by atoms with E-state index < -0.39 is 0 Å². The molecule has 8 nitrogen and oxygen atoms in total. The summed E-state index contributed by atoms with van der Waals surface area (Å²) in [5.41, 5.74) is 0.912. The first-order chi connectivity index (χ1) is 11.7. The Morgan fingerprint density at radius 3 is 2.62 bits per heavy atom. The molecule has 8 heteroatoms. The zero-order chi connectivity index (χ0) is 16.9. The minimum atomic E-state index is -0.292. The number of methoxy groups -OCH3 is 1. The van der Waals surface area contributed by atoms with Gasteiger partial charge in [-0.3, -0.25) is 4.79 Å². The Bertz CT molecular complexity index is 698. The third-order valence-electron chi connectivity index (χ3n) is 3.92. The second-order valence-electron chi connectivity index (χ2n) is 5.60. The summed E-state index contributed by atoms with van der Waals surface area (Å²) < 4.78 is 5.00. The van der Waals surface area contributed by atoms with Crippen LogP contribution >= 0.6 is 0 Å². The van der Waals surface area contributed by atoms with Gasteiger partial charge >= 0.3 is 0 Å². The lowest BCUT2D eigenvalue weighted by Gasteiger charge is -2.33. The van der Waals surface area contributed by atoms with Crippen molar-refractivity contribution in [3.63, 3.8) is 0 Å². The molecule has 1 fully saturated rings. The lowest BCUT2D eigenvalue weighted by Crippen LogP contribution is -2.44. The number of nitrogens with one attached hydrogen (secondary N) is 1. The van der Waals surface area contributed by atoms with Crippen molar-refractivity contribution in [2.45, 2.75) is 0 Å². The van der Waals surface area contributed by atoms with Crippen LogP contribution < -0.4 is 15.0 Å². The molecule has 0 atom stereocenters. The van der Waals surface area contributed by atoms with Crippen LogP contribution in [0, 0.1) is 0 Å². The lowest BCUT2D eigenvalue weighted by molar-refractivity contribution is 0.102. The SMILES string of the molecule is COc1ccc(NC(=O)c2cc(N3CCN(C)CC3)ncn2)cn1. The van der Waals surface area contributed by atoms with Gasteiger partial charge in [0.2, 0.25) is 5.88 Å².